The summed E-state index contributed by atoms with van der Waals surface area (Å²) in [6, 6.07) is 13.9. The molecule has 0 aliphatic carbocycles. The van der Waals surface area contributed by atoms with Crippen LogP contribution in [-0.4, -0.2) is 12.2 Å². The van der Waals surface area contributed by atoms with Crippen LogP contribution in [0.25, 0.3) is 0 Å². The Hall–Kier alpha value is -3.92. The van der Waals surface area contributed by atoms with Gasteiger partial charge >= 0.3 is 0 Å². The summed E-state index contributed by atoms with van der Waals surface area (Å²) < 4.78 is 17.4. The van der Waals surface area contributed by atoms with E-state index in [2.05, 4.69) is 26.3 Å². The van der Waals surface area contributed by atoms with Gasteiger partial charge < -0.3 is 19.3 Å². The van der Waals surface area contributed by atoms with Crippen molar-refractivity contribution in [1.29, 1.82) is 0 Å². The van der Waals surface area contributed by atoms with Crippen molar-refractivity contribution in [3.63, 3.8) is 0 Å². The third kappa shape index (κ3) is 7.04. The summed E-state index contributed by atoms with van der Waals surface area (Å²) in [4.78, 5) is 0. The molecule has 0 aromatic heterocycles. The maximum Gasteiger partial charge on any atom is 0.133 e. The number of rotatable bonds is 11. The summed E-state index contributed by atoms with van der Waals surface area (Å²) in [6.07, 6.45) is 2.21. The highest BCUT2D eigenvalue weighted by molar-refractivity contribution is 5.46. The van der Waals surface area contributed by atoms with Crippen molar-refractivity contribution < 1.29 is 19.3 Å². The minimum Gasteiger partial charge on any atom is -0.508 e. The number of hydrogen-bond donors (Lipinski definition) is 1. The van der Waals surface area contributed by atoms with Crippen LogP contribution < -0.4 is 14.2 Å². The van der Waals surface area contributed by atoms with Crippen molar-refractivity contribution in [2.45, 2.75) is 27.2 Å². The third-order valence-electron chi connectivity index (χ3n) is 5.01. The first-order valence-electron chi connectivity index (χ1n) is 10.5. The van der Waals surface area contributed by atoms with Crippen molar-refractivity contribution in [3.8, 4) is 23.0 Å². The summed E-state index contributed by atoms with van der Waals surface area (Å²) in [5.74, 6) is 3.46. The average molecular weight is 445 g/mol. The van der Waals surface area contributed by atoms with E-state index in [1.165, 1.54) is 0 Å². The van der Waals surface area contributed by atoms with Crippen LogP contribution in [0, 0.1) is 0 Å². The second-order valence-corrected chi connectivity index (χ2v) is 7.71. The van der Waals surface area contributed by atoms with Gasteiger partial charge in [-0.05, 0) is 97.2 Å². The van der Waals surface area contributed by atoms with Crippen LogP contribution in [-0.2, 0) is 0 Å². The van der Waals surface area contributed by atoms with Gasteiger partial charge in [0.1, 0.15) is 34.5 Å². The Morgan fingerprint density at radius 3 is 1.76 bits per heavy atom. The number of allylic oxidation sites excluding steroid dienone is 6. The average Bonchev–Trinajstić information content (AvgIpc) is 2.81. The van der Waals surface area contributed by atoms with Crippen LogP contribution in [0.3, 0.4) is 0 Å². The highest BCUT2D eigenvalue weighted by atomic mass is 16.5. The van der Waals surface area contributed by atoms with E-state index >= 15 is 0 Å². The fourth-order valence-corrected chi connectivity index (χ4v) is 3.03. The highest BCUT2D eigenvalue weighted by Crippen LogP contribution is 2.31. The SMILES string of the molecule is C=CC(C)=C(Oc1ccc(OC)cc1)C(=C)CC(=C)C(C)=C(Oc1ccc(O)cc1)C(=C)C. The lowest BCUT2D eigenvalue weighted by Crippen LogP contribution is -2.05. The van der Waals surface area contributed by atoms with Crippen LogP contribution in [0.2, 0.25) is 0 Å². The minimum atomic E-state index is 0.175. The van der Waals surface area contributed by atoms with E-state index < -0.39 is 0 Å². The zero-order valence-electron chi connectivity index (χ0n) is 19.9. The van der Waals surface area contributed by atoms with E-state index in [1.807, 2.05) is 45.0 Å². The molecule has 0 saturated carbocycles. The Kier molecular flexibility index (Phi) is 8.93. The summed E-state index contributed by atoms with van der Waals surface area (Å²) in [6.45, 7) is 22.2. The summed E-state index contributed by atoms with van der Waals surface area (Å²) >= 11 is 0. The van der Waals surface area contributed by atoms with Gasteiger partial charge in [0.15, 0.2) is 0 Å². The molecule has 0 atom stereocenters. The van der Waals surface area contributed by atoms with Gasteiger partial charge in [-0.25, -0.2) is 0 Å². The molecule has 0 aliphatic heterocycles. The molecule has 0 amide bonds. The zero-order valence-corrected chi connectivity index (χ0v) is 19.9. The second-order valence-electron chi connectivity index (χ2n) is 7.71. The van der Waals surface area contributed by atoms with E-state index in [0.717, 1.165) is 33.6 Å². The summed E-state index contributed by atoms with van der Waals surface area (Å²) in [5, 5.41) is 9.51. The fraction of sp³-hybridized carbons (Fsp3) is 0.172. The Balaban J connectivity index is 2.25. The van der Waals surface area contributed by atoms with Gasteiger partial charge in [-0.15, -0.1) is 0 Å². The largest absolute Gasteiger partial charge is 0.508 e. The lowest BCUT2D eigenvalue weighted by atomic mass is 9.96. The molecule has 0 bridgehead atoms. The number of phenolic OH excluding ortho intramolecular Hbond substituents is 1. The molecule has 0 unspecified atom stereocenters. The van der Waals surface area contributed by atoms with Crippen molar-refractivity contribution in [2.24, 2.45) is 0 Å². The Morgan fingerprint density at radius 1 is 0.788 bits per heavy atom. The number of methoxy groups -OCH3 is 1. The first-order chi connectivity index (χ1) is 15.7. The van der Waals surface area contributed by atoms with Crippen LogP contribution in [0.4, 0.5) is 0 Å². The molecule has 4 heteroatoms. The normalized spacial score (nSPS) is 12.1. The third-order valence-corrected chi connectivity index (χ3v) is 5.01. The number of phenols is 1. The van der Waals surface area contributed by atoms with Crippen molar-refractivity contribution in [3.05, 3.63) is 120 Å². The Bertz CT molecular complexity index is 1100. The highest BCUT2D eigenvalue weighted by Gasteiger charge is 2.15. The van der Waals surface area contributed by atoms with Gasteiger partial charge in [-0.1, -0.05) is 32.4 Å². The molecule has 2 rings (SSSR count). The van der Waals surface area contributed by atoms with Crippen molar-refractivity contribution in [1.82, 2.24) is 0 Å². The van der Waals surface area contributed by atoms with Crippen LogP contribution in [0.15, 0.2) is 120 Å². The predicted molar refractivity (Wildman–Crippen MR) is 136 cm³/mol. The monoisotopic (exact) mass is 444 g/mol. The quantitative estimate of drug-likeness (QED) is 0.285. The van der Waals surface area contributed by atoms with Gasteiger partial charge in [0.25, 0.3) is 0 Å². The molecule has 0 saturated heterocycles. The van der Waals surface area contributed by atoms with Gasteiger partial charge in [-0.2, -0.15) is 0 Å². The minimum absolute atomic E-state index is 0.175. The summed E-state index contributed by atoms with van der Waals surface area (Å²) in [5.41, 5.74) is 4.07. The van der Waals surface area contributed by atoms with Crippen molar-refractivity contribution >= 4 is 0 Å². The molecule has 0 fully saturated rings. The number of ether oxygens (including phenoxy) is 3. The van der Waals surface area contributed by atoms with E-state index in [4.69, 9.17) is 14.2 Å². The first kappa shape index (κ1) is 25.3. The lowest BCUT2D eigenvalue weighted by molar-refractivity contribution is 0.408. The summed E-state index contributed by atoms with van der Waals surface area (Å²) in [7, 11) is 1.62. The van der Waals surface area contributed by atoms with E-state index in [9.17, 15) is 5.11 Å². The predicted octanol–water partition coefficient (Wildman–Crippen LogP) is 7.67. The molecule has 0 radical (unpaired) electrons. The molecule has 33 heavy (non-hydrogen) atoms. The number of hydrogen-bond acceptors (Lipinski definition) is 4. The maximum atomic E-state index is 9.51. The van der Waals surface area contributed by atoms with E-state index in [1.54, 1.807) is 37.5 Å². The van der Waals surface area contributed by atoms with Gasteiger partial charge in [0, 0.05) is 6.42 Å². The molecule has 0 heterocycles. The maximum absolute atomic E-state index is 9.51. The van der Waals surface area contributed by atoms with Crippen LogP contribution in [0.5, 0.6) is 23.0 Å². The standard InChI is InChI=1S/C29H32O4/c1-9-20(4)29(33-27-16-14-25(31-8)15-17-27)22(6)18-21(5)23(7)28(19(2)3)32-26-12-10-24(30)11-13-26/h9-17,30H,1-2,5-6,18H2,3-4,7-8H3. The molecule has 172 valence electrons. The van der Waals surface area contributed by atoms with Crippen molar-refractivity contribution in [2.75, 3.05) is 7.11 Å². The smallest absolute Gasteiger partial charge is 0.133 e. The van der Waals surface area contributed by atoms with E-state index in [-0.39, 0.29) is 5.75 Å². The molecule has 1 N–H and O–H groups in total. The molecule has 4 nitrogen and oxygen atoms in total. The molecule has 2 aromatic rings. The second kappa shape index (κ2) is 11.6. The van der Waals surface area contributed by atoms with E-state index in [0.29, 0.717) is 29.4 Å². The zero-order chi connectivity index (χ0) is 24.5. The molecule has 2 aromatic carbocycles. The fourth-order valence-electron chi connectivity index (χ4n) is 3.03. The van der Waals surface area contributed by atoms with Gasteiger partial charge in [-0.3, -0.25) is 0 Å². The topological polar surface area (TPSA) is 47.9 Å². The molecule has 0 aliphatic rings. The molecule has 0 spiro atoms. The number of aromatic hydroxyl groups is 1. The number of benzene rings is 2. The lowest BCUT2D eigenvalue weighted by Gasteiger charge is -2.19. The Labute approximate surface area is 197 Å². The Morgan fingerprint density at radius 2 is 1.27 bits per heavy atom. The first-order valence-corrected chi connectivity index (χ1v) is 10.5. The van der Waals surface area contributed by atoms with Gasteiger partial charge in [0.2, 0.25) is 0 Å². The van der Waals surface area contributed by atoms with Gasteiger partial charge in [0.05, 0.1) is 7.11 Å². The molecular weight excluding hydrogens is 412 g/mol. The van der Waals surface area contributed by atoms with Crippen LogP contribution in [0.1, 0.15) is 27.2 Å². The van der Waals surface area contributed by atoms with Crippen LogP contribution >= 0.6 is 0 Å². The molecular formula is C29H32O4.